The van der Waals surface area contributed by atoms with Crippen LogP contribution in [0, 0.1) is 5.92 Å². The summed E-state index contributed by atoms with van der Waals surface area (Å²) in [5.41, 5.74) is 0. The molecule has 3 saturated carbocycles. The van der Waals surface area contributed by atoms with E-state index in [-0.39, 0.29) is 0 Å². The van der Waals surface area contributed by atoms with Gasteiger partial charge in [-0.05, 0) is 44.4 Å². The molecule has 0 radical (unpaired) electrons. The standard InChI is InChI=1S/C13H24N2O/c16-9-12(14-11-3-4-11)8-15(13-5-6-13)7-10-1-2-10/h10-14,16H,1-9H2. The smallest absolute Gasteiger partial charge is 0.0597 e. The Hall–Kier alpha value is -0.120. The van der Waals surface area contributed by atoms with Gasteiger partial charge in [0, 0.05) is 31.2 Å². The van der Waals surface area contributed by atoms with Crippen molar-refractivity contribution in [3.63, 3.8) is 0 Å². The van der Waals surface area contributed by atoms with Crippen LogP contribution in [-0.2, 0) is 0 Å². The molecule has 3 rings (SSSR count). The Morgan fingerprint density at radius 2 is 1.88 bits per heavy atom. The molecule has 0 saturated heterocycles. The quantitative estimate of drug-likeness (QED) is 0.645. The summed E-state index contributed by atoms with van der Waals surface area (Å²) in [6.45, 7) is 2.64. The maximum absolute atomic E-state index is 9.41. The Morgan fingerprint density at radius 1 is 1.12 bits per heavy atom. The molecular weight excluding hydrogens is 200 g/mol. The summed E-state index contributed by atoms with van der Waals surface area (Å²) in [7, 11) is 0. The lowest BCUT2D eigenvalue weighted by Crippen LogP contribution is -2.45. The zero-order valence-electron chi connectivity index (χ0n) is 10.1. The molecule has 0 aliphatic heterocycles. The molecule has 92 valence electrons. The number of aliphatic hydroxyl groups excluding tert-OH is 1. The van der Waals surface area contributed by atoms with E-state index in [0.717, 1.165) is 18.5 Å². The number of nitrogens with one attached hydrogen (secondary N) is 1. The van der Waals surface area contributed by atoms with Crippen molar-refractivity contribution in [1.29, 1.82) is 0 Å². The largest absolute Gasteiger partial charge is 0.395 e. The Balaban J connectivity index is 1.46. The van der Waals surface area contributed by atoms with E-state index in [9.17, 15) is 5.11 Å². The average molecular weight is 224 g/mol. The lowest BCUT2D eigenvalue weighted by molar-refractivity contribution is 0.170. The fraction of sp³-hybridized carbons (Fsp3) is 1.00. The lowest BCUT2D eigenvalue weighted by Gasteiger charge is -2.27. The summed E-state index contributed by atoms with van der Waals surface area (Å²) in [6.07, 6.45) is 8.25. The predicted octanol–water partition coefficient (Wildman–Crippen LogP) is 0.974. The highest BCUT2D eigenvalue weighted by molar-refractivity contribution is 4.92. The van der Waals surface area contributed by atoms with Crippen LogP contribution >= 0.6 is 0 Å². The average Bonchev–Trinajstić information content (AvgIpc) is 3.14. The van der Waals surface area contributed by atoms with Crippen LogP contribution in [0.15, 0.2) is 0 Å². The first-order valence-corrected chi connectivity index (χ1v) is 6.96. The second-order valence-corrected chi connectivity index (χ2v) is 5.95. The maximum atomic E-state index is 9.41. The van der Waals surface area contributed by atoms with Gasteiger partial charge in [-0.3, -0.25) is 4.90 Å². The van der Waals surface area contributed by atoms with Gasteiger partial charge in [0.1, 0.15) is 0 Å². The molecule has 3 fully saturated rings. The van der Waals surface area contributed by atoms with Gasteiger partial charge in [-0.15, -0.1) is 0 Å². The van der Waals surface area contributed by atoms with E-state index >= 15 is 0 Å². The first kappa shape index (κ1) is 11.0. The van der Waals surface area contributed by atoms with Crippen molar-refractivity contribution < 1.29 is 5.11 Å². The molecule has 0 amide bonds. The minimum absolute atomic E-state index is 0.296. The molecule has 16 heavy (non-hydrogen) atoms. The zero-order valence-corrected chi connectivity index (χ0v) is 10.1. The third-order valence-electron chi connectivity index (χ3n) is 3.98. The van der Waals surface area contributed by atoms with E-state index in [0.29, 0.717) is 18.7 Å². The fourth-order valence-corrected chi connectivity index (χ4v) is 2.47. The van der Waals surface area contributed by atoms with Gasteiger partial charge in [0.25, 0.3) is 0 Å². The summed E-state index contributed by atoms with van der Waals surface area (Å²) < 4.78 is 0. The van der Waals surface area contributed by atoms with E-state index in [2.05, 4.69) is 10.2 Å². The molecule has 0 spiro atoms. The summed E-state index contributed by atoms with van der Waals surface area (Å²) in [6, 6.07) is 1.86. The lowest BCUT2D eigenvalue weighted by atomic mass is 10.2. The molecule has 2 N–H and O–H groups in total. The number of nitrogens with zero attached hydrogens (tertiary/aromatic N) is 1. The van der Waals surface area contributed by atoms with Gasteiger partial charge in [-0.1, -0.05) is 0 Å². The summed E-state index contributed by atoms with van der Waals surface area (Å²) in [4.78, 5) is 2.63. The van der Waals surface area contributed by atoms with E-state index in [1.54, 1.807) is 0 Å². The highest BCUT2D eigenvalue weighted by Crippen LogP contribution is 2.34. The number of aliphatic hydroxyl groups is 1. The van der Waals surface area contributed by atoms with Crippen molar-refractivity contribution in [2.45, 2.75) is 56.7 Å². The fourth-order valence-electron chi connectivity index (χ4n) is 2.47. The topological polar surface area (TPSA) is 35.5 Å². The normalized spacial score (nSPS) is 27.4. The van der Waals surface area contributed by atoms with Crippen LogP contribution in [0.25, 0.3) is 0 Å². The molecule has 0 bridgehead atoms. The molecular formula is C13H24N2O. The van der Waals surface area contributed by atoms with Crippen LogP contribution in [0.5, 0.6) is 0 Å². The molecule has 1 unspecified atom stereocenters. The van der Waals surface area contributed by atoms with Gasteiger partial charge in [0.2, 0.25) is 0 Å². The van der Waals surface area contributed by atoms with Crippen LogP contribution < -0.4 is 5.32 Å². The Kier molecular flexibility index (Phi) is 3.18. The summed E-state index contributed by atoms with van der Waals surface area (Å²) in [5.74, 6) is 0.973. The highest BCUT2D eigenvalue weighted by Gasteiger charge is 2.35. The summed E-state index contributed by atoms with van der Waals surface area (Å²) >= 11 is 0. The van der Waals surface area contributed by atoms with Gasteiger partial charge < -0.3 is 10.4 Å². The number of hydrogen-bond donors (Lipinski definition) is 2. The van der Waals surface area contributed by atoms with Crippen molar-refractivity contribution in [2.24, 2.45) is 5.92 Å². The van der Waals surface area contributed by atoms with Crippen LogP contribution in [0.1, 0.15) is 38.5 Å². The molecule has 0 aromatic heterocycles. The van der Waals surface area contributed by atoms with Gasteiger partial charge >= 0.3 is 0 Å². The second-order valence-electron chi connectivity index (χ2n) is 5.95. The van der Waals surface area contributed by atoms with Crippen LogP contribution in [0.4, 0.5) is 0 Å². The van der Waals surface area contributed by atoms with Crippen molar-refractivity contribution in [1.82, 2.24) is 10.2 Å². The first-order valence-electron chi connectivity index (χ1n) is 6.96. The number of hydrogen-bond acceptors (Lipinski definition) is 3. The third-order valence-corrected chi connectivity index (χ3v) is 3.98. The third kappa shape index (κ3) is 3.19. The van der Waals surface area contributed by atoms with E-state index in [1.807, 2.05) is 0 Å². The first-order chi connectivity index (χ1) is 7.85. The minimum atomic E-state index is 0.296. The predicted molar refractivity (Wildman–Crippen MR) is 64.4 cm³/mol. The minimum Gasteiger partial charge on any atom is -0.395 e. The van der Waals surface area contributed by atoms with Gasteiger partial charge in [-0.25, -0.2) is 0 Å². The summed E-state index contributed by atoms with van der Waals surface area (Å²) in [5, 5.41) is 13.0. The van der Waals surface area contributed by atoms with Gasteiger partial charge in [-0.2, -0.15) is 0 Å². The van der Waals surface area contributed by atoms with Crippen LogP contribution in [0.2, 0.25) is 0 Å². The maximum Gasteiger partial charge on any atom is 0.0597 e. The van der Waals surface area contributed by atoms with Gasteiger partial charge in [0.05, 0.1) is 6.61 Å². The Labute approximate surface area is 98.2 Å². The number of rotatable bonds is 8. The van der Waals surface area contributed by atoms with Crippen molar-refractivity contribution >= 4 is 0 Å². The molecule has 3 heteroatoms. The molecule has 3 nitrogen and oxygen atoms in total. The van der Waals surface area contributed by atoms with Crippen molar-refractivity contribution in [3.8, 4) is 0 Å². The van der Waals surface area contributed by atoms with Crippen molar-refractivity contribution in [2.75, 3.05) is 19.7 Å². The van der Waals surface area contributed by atoms with Crippen molar-refractivity contribution in [3.05, 3.63) is 0 Å². The molecule has 1 atom stereocenters. The Bertz CT molecular complexity index is 234. The zero-order chi connectivity index (χ0) is 11.0. The molecule has 0 aromatic carbocycles. The van der Waals surface area contributed by atoms with E-state index in [1.165, 1.54) is 45.1 Å². The van der Waals surface area contributed by atoms with E-state index < -0.39 is 0 Å². The highest BCUT2D eigenvalue weighted by atomic mass is 16.3. The van der Waals surface area contributed by atoms with Gasteiger partial charge in [0.15, 0.2) is 0 Å². The molecule has 0 heterocycles. The second kappa shape index (κ2) is 4.63. The molecule has 0 aromatic rings. The molecule has 3 aliphatic carbocycles. The SMILES string of the molecule is OCC(CN(CC1CC1)C1CC1)NC1CC1. The molecule has 3 aliphatic rings. The monoisotopic (exact) mass is 224 g/mol. The Morgan fingerprint density at radius 3 is 2.38 bits per heavy atom. The van der Waals surface area contributed by atoms with Crippen LogP contribution in [0.3, 0.4) is 0 Å². The van der Waals surface area contributed by atoms with Crippen LogP contribution in [-0.4, -0.2) is 47.8 Å². The van der Waals surface area contributed by atoms with E-state index in [4.69, 9.17) is 0 Å².